The summed E-state index contributed by atoms with van der Waals surface area (Å²) in [5.41, 5.74) is 1.49. The van der Waals surface area contributed by atoms with Gasteiger partial charge in [0.05, 0.1) is 18.8 Å². The van der Waals surface area contributed by atoms with E-state index in [0.29, 0.717) is 17.4 Å². The lowest BCUT2D eigenvalue weighted by atomic mass is 10.2. The highest BCUT2D eigenvalue weighted by molar-refractivity contribution is 7.14. The number of halogens is 1. The molecule has 2 aromatic rings. The Bertz CT molecular complexity index is 601. The molecule has 0 fully saturated rings. The summed E-state index contributed by atoms with van der Waals surface area (Å²) < 4.78 is 12.9. The van der Waals surface area contributed by atoms with Crippen molar-refractivity contribution in [2.75, 3.05) is 32.1 Å². The minimum Gasteiger partial charge on any atom is -0.395 e. The number of aliphatic hydroxyl groups excluding tert-OH is 1. The normalized spacial score (nSPS) is 10.9. The molecule has 0 unspecified atom stereocenters. The van der Waals surface area contributed by atoms with Gasteiger partial charge in [0.15, 0.2) is 5.13 Å². The predicted molar refractivity (Wildman–Crippen MR) is 80.7 cm³/mol. The van der Waals surface area contributed by atoms with E-state index in [0.717, 1.165) is 5.56 Å². The van der Waals surface area contributed by atoms with Crippen LogP contribution in [0.25, 0.3) is 11.3 Å². The fraction of sp³-hybridized carbons (Fsp3) is 0.286. The highest BCUT2D eigenvalue weighted by Gasteiger charge is 2.10. The van der Waals surface area contributed by atoms with Crippen molar-refractivity contribution < 1.29 is 14.3 Å². The summed E-state index contributed by atoms with van der Waals surface area (Å²) in [7, 11) is 1.75. The van der Waals surface area contributed by atoms with Crippen LogP contribution in [0, 0.1) is 5.82 Å². The highest BCUT2D eigenvalue weighted by Crippen LogP contribution is 2.24. The lowest BCUT2D eigenvalue weighted by Gasteiger charge is -2.13. The maximum absolute atomic E-state index is 12.9. The number of hydrogen-bond acceptors (Lipinski definition) is 5. The molecule has 0 bridgehead atoms. The molecule has 1 aromatic carbocycles. The third-order valence-electron chi connectivity index (χ3n) is 2.79. The topological polar surface area (TPSA) is 65.5 Å². The zero-order valence-corrected chi connectivity index (χ0v) is 12.4. The molecule has 0 saturated heterocycles. The molecule has 0 radical (unpaired) electrons. The third-order valence-corrected chi connectivity index (χ3v) is 3.54. The molecule has 0 atom stereocenters. The first-order valence-electron chi connectivity index (χ1n) is 6.39. The van der Waals surface area contributed by atoms with Crippen LogP contribution < -0.4 is 5.32 Å². The Hall–Kier alpha value is -1.83. The summed E-state index contributed by atoms with van der Waals surface area (Å²) in [6.07, 6.45) is 0. The van der Waals surface area contributed by atoms with Crippen LogP contribution in [-0.2, 0) is 4.79 Å². The Balaban J connectivity index is 1.97. The molecule has 112 valence electrons. The number of nitrogens with zero attached hydrogens (tertiary/aromatic N) is 2. The van der Waals surface area contributed by atoms with Gasteiger partial charge in [0.25, 0.3) is 0 Å². The number of rotatable bonds is 6. The molecule has 7 heteroatoms. The largest absolute Gasteiger partial charge is 0.395 e. The lowest BCUT2D eigenvalue weighted by molar-refractivity contribution is -0.117. The van der Waals surface area contributed by atoms with Crippen molar-refractivity contribution in [3.63, 3.8) is 0 Å². The van der Waals surface area contributed by atoms with Gasteiger partial charge in [0, 0.05) is 17.5 Å². The van der Waals surface area contributed by atoms with Gasteiger partial charge >= 0.3 is 0 Å². The number of thiazole rings is 1. The zero-order valence-electron chi connectivity index (χ0n) is 11.5. The van der Waals surface area contributed by atoms with Gasteiger partial charge in [0.1, 0.15) is 5.82 Å². The van der Waals surface area contributed by atoms with Gasteiger partial charge in [-0.05, 0) is 31.3 Å². The molecule has 2 rings (SSSR count). The van der Waals surface area contributed by atoms with Gasteiger partial charge in [-0.3, -0.25) is 9.69 Å². The number of carbonyl (C=O) groups is 1. The van der Waals surface area contributed by atoms with Crippen LogP contribution in [0.4, 0.5) is 9.52 Å². The number of likely N-dealkylation sites (N-methyl/N-ethyl adjacent to an activating group) is 1. The number of carbonyl (C=O) groups excluding carboxylic acids is 1. The number of aromatic nitrogens is 1. The number of amides is 1. The minimum atomic E-state index is -0.297. The Labute approximate surface area is 126 Å². The van der Waals surface area contributed by atoms with Crippen molar-refractivity contribution in [1.29, 1.82) is 0 Å². The molecule has 1 heterocycles. The molecule has 1 amide bonds. The second kappa shape index (κ2) is 7.26. The van der Waals surface area contributed by atoms with E-state index in [1.54, 1.807) is 29.5 Å². The Morgan fingerprint density at radius 2 is 2.14 bits per heavy atom. The van der Waals surface area contributed by atoms with Crippen molar-refractivity contribution in [2.24, 2.45) is 0 Å². The van der Waals surface area contributed by atoms with E-state index >= 15 is 0 Å². The maximum Gasteiger partial charge on any atom is 0.240 e. The van der Waals surface area contributed by atoms with Crippen LogP contribution in [0.1, 0.15) is 0 Å². The van der Waals surface area contributed by atoms with E-state index < -0.39 is 0 Å². The average Bonchev–Trinajstić information content (AvgIpc) is 2.88. The monoisotopic (exact) mass is 309 g/mol. The van der Waals surface area contributed by atoms with Gasteiger partial charge in [-0.15, -0.1) is 11.3 Å². The van der Waals surface area contributed by atoms with E-state index in [1.807, 2.05) is 0 Å². The first-order chi connectivity index (χ1) is 10.1. The molecular formula is C14H16FN3O2S. The highest BCUT2D eigenvalue weighted by atomic mass is 32.1. The Morgan fingerprint density at radius 1 is 1.43 bits per heavy atom. The first kappa shape index (κ1) is 15.6. The zero-order chi connectivity index (χ0) is 15.2. The molecule has 0 aliphatic rings. The number of hydrogen-bond donors (Lipinski definition) is 2. The van der Waals surface area contributed by atoms with Crippen molar-refractivity contribution >= 4 is 22.4 Å². The molecule has 0 saturated carbocycles. The van der Waals surface area contributed by atoms with Crippen LogP contribution in [0.15, 0.2) is 29.6 Å². The molecule has 0 spiro atoms. The van der Waals surface area contributed by atoms with Crippen LogP contribution >= 0.6 is 11.3 Å². The predicted octanol–water partition coefficient (Wildman–Crippen LogP) is 1.81. The average molecular weight is 309 g/mol. The standard InChI is InChI=1S/C14H16FN3O2S/c1-18(6-7-19)8-13(20)17-14-16-12(9-21-14)10-2-4-11(15)5-3-10/h2-5,9,19H,6-8H2,1H3,(H,16,17,20). The van der Waals surface area contributed by atoms with Crippen molar-refractivity contribution in [1.82, 2.24) is 9.88 Å². The summed E-state index contributed by atoms with van der Waals surface area (Å²) in [6.45, 7) is 0.633. The molecule has 5 nitrogen and oxygen atoms in total. The van der Waals surface area contributed by atoms with E-state index in [-0.39, 0.29) is 24.9 Å². The molecule has 0 aliphatic heterocycles. The van der Waals surface area contributed by atoms with Gasteiger partial charge < -0.3 is 10.4 Å². The van der Waals surface area contributed by atoms with E-state index in [9.17, 15) is 9.18 Å². The number of nitrogens with one attached hydrogen (secondary N) is 1. The molecular weight excluding hydrogens is 293 g/mol. The molecule has 1 aromatic heterocycles. The summed E-state index contributed by atoms with van der Waals surface area (Å²) in [6, 6.07) is 6.03. The number of anilines is 1. The quantitative estimate of drug-likeness (QED) is 0.854. The smallest absolute Gasteiger partial charge is 0.240 e. The third kappa shape index (κ3) is 4.59. The van der Waals surface area contributed by atoms with Crippen LogP contribution in [0.3, 0.4) is 0 Å². The van der Waals surface area contributed by atoms with Crippen molar-refractivity contribution in [3.05, 3.63) is 35.5 Å². The number of benzene rings is 1. The molecule has 21 heavy (non-hydrogen) atoms. The summed E-state index contributed by atoms with van der Waals surface area (Å²) >= 11 is 1.31. The van der Waals surface area contributed by atoms with Gasteiger partial charge in [0.2, 0.25) is 5.91 Å². The fourth-order valence-corrected chi connectivity index (χ4v) is 2.47. The summed E-state index contributed by atoms with van der Waals surface area (Å²) in [5.74, 6) is -0.486. The minimum absolute atomic E-state index is 0.00967. The lowest BCUT2D eigenvalue weighted by Crippen LogP contribution is -2.32. The molecule has 2 N–H and O–H groups in total. The second-order valence-corrected chi connectivity index (χ2v) is 5.41. The second-order valence-electron chi connectivity index (χ2n) is 4.55. The van der Waals surface area contributed by atoms with Gasteiger partial charge in [-0.25, -0.2) is 9.37 Å². The number of aliphatic hydroxyl groups is 1. The van der Waals surface area contributed by atoms with Crippen LogP contribution in [0.5, 0.6) is 0 Å². The van der Waals surface area contributed by atoms with E-state index in [4.69, 9.17) is 5.11 Å². The Kier molecular flexibility index (Phi) is 5.38. The Morgan fingerprint density at radius 3 is 2.81 bits per heavy atom. The van der Waals surface area contributed by atoms with Crippen molar-refractivity contribution in [3.8, 4) is 11.3 Å². The SMILES string of the molecule is CN(CCO)CC(=O)Nc1nc(-c2ccc(F)cc2)cs1. The van der Waals surface area contributed by atoms with E-state index in [2.05, 4.69) is 10.3 Å². The summed E-state index contributed by atoms with van der Waals surface area (Å²) in [4.78, 5) is 17.8. The molecule has 0 aliphatic carbocycles. The maximum atomic E-state index is 12.9. The summed E-state index contributed by atoms with van der Waals surface area (Å²) in [5, 5.41) is 13.8. The van der Waals surface area contributed by atoms with Gasteiger partial charge in [-0.1, -0.05) is 0 Å². The van der Waals surface area contributed by atoms with Crippen LogP contribution in [0.2, 0.25) is 0 Å². The van der Waals surface area contributed by atoms with Crippen LogP contribution in [-0.4, -0.2) is 47.6 Å². The fourth-order valence-electron chi connectivity index (χ4n) is 1.74. The van der Waals surface area contributed by atoms with E-state index in [1.165, 1.54) is 23.5 Å². The van der Waals surface area contributed by atoms with Crippen molar-refractivity contribution in [2.45, 2.75) is 0 Å². The first-order valence-corrected chi connectivity index (χ1v) is 7.27. The van der Waals surface area contributed by atoms with Gasteiger partial charge in [-0.2, -0.15) is 0 Å².